The molecule has 2 aromatic heterocycles. The molecule has 0 saturated heterocycles. The van der Waals surface area contributed by atoms with Gasteiger partial charge < -0.3 is 10.6 Å². The van der Waals surface area contributed by atoms with Crippen molar-refractivity contribution in [2.24, 2.45) is 9.98 Å². The predicted octanol–water partition coefficient (Wildman–Crippen LogP) is 1.79. The number of carbonyl (C=O) groups is 1. The fraction of sp³-hybridized carbons (Fsp3) is 0.381. The molecule has 1 saturated carbocycles. The van der Waals surface area contributed by atoms with E-state index in [9.17, 15) is 4.79 Å². The number of aromatic nitrogens is 3. The van der Waals surface area contributed by atoms with Crippen LogP contribution in [0.25, 0.3) is 5.65 Å². The summed E-state index contributed by atoms with van der Waals surface area (Å²) in [5, 5.41) is 10.8. The molecule has 3 aliphatic rings. The Bertz CT molecular complexity index is 1080. The van der Waals surface area contributed by atoms with Gasteiger partial charge in [-0.05, 0) is 43.9 Å². The van der Waals surface area contributed by atoms with Gasteiger partial charge in [-0.15, -0.1) is 0 Å². The number of nitrogens with zero attached hydrogens (tertiary/aromatic N) is 5. The van der Waals surface area contributed by atoms with Crippen molar-refractivity contribution in [3.05, 3.63) is 53.8 Å². The first-order valence-corrected chi connectivity index (χ1v) is 10.0. The lowest BCUT2D eigenvalue weighted by Crippen LogP contribution is -2.41. The zero-order valence-electron chi connectivity index (χ0n) is 16.3. The summed E-state index contributed by atoms with van der Waals surface area (Å²) in [4.78, 5) is 25.2. The molecule has 2 N–H and O–H groups in total. The first-order valence-electron chi connectivity index (χ1n) is 10.0. The zero-order chi connectivity index (χ0) is 19.8. The van der Waals surface area contributed by atoms with Crippen molar-refractivity contribution in [2.75, 3.05) is 6.54 Å². The highest BCUT2D eigenvalue weighted by atomic mass is 16.1. The summed E-state index contributed by atoms with van der Waals surface area (Å²) >= 11 is 0. The number of amides is 1. The molecule has 0 radical (unpaired) electrons. The Kier molecular flexibility index (Phi) is 4.46. The largest absolute Gasteiger partial charge is 0.367 e. The maximum Gasteiger partial charge on any atom is 0.217 e. The van der Waals surface area contributed by atoms with E-state index in [1.54, 1.807) is 17.6 Å². The second kappa shape index (κ2) is 7.27. The summed E-state index contributed by atoms with van der Waals surface area (Å²) in [6.45, 7) is 2.14. The number of allylic oxidation sites excluding steroid dienone is 2. The van der Waals surface area contributed by atoms with Gasteiger partial charge in [0.2, 0.25) is 5.91 Å². The van der Waals surface area contributed by atoms with Gasteiger partial charge in [0.05, 0.1) is 29.9 Å². The number of hydrogen-bond donors (Lipinski definition) is 2. The van der Waals surface area contributed by atoms with E-state index in [2.05, 4.69) is 37.9 Å². The quantitative estimate of drug-likeness (QED) is 0.833. The number of rotatable bonds is 4. The number of fused-ring (bicyclic) bond motifs is 2. The summed E-state index contributed by atoms with van der Waals surface area (Å²) in [6, 6.07) is 4.51. The van der Waals surface area contributed by atoms with Gasteiger partial charge in [0, 0.05) is 36.8 Å². The van der Waals surface area contributed by atoms with Crippen LogP contribution in [0.5, 0.6) is 0 Å². The number of aliphatic imine (C=N–C) groups is 2. The predicted molar refractivity (Wildman–Crippen MR) is 111 cm³/mol. The van der Waals surface area contributed by atoms with Crippen LogP contribution >= 0.6 is 0 Å². The summed E-state index contributed by atoms with van der Waals surface area (Å²) in [6.07, 6.45) is 11.9. The van der Waals surface area contributed by atoms with Gasteiger partial charge in [-0.2, -0.15) is 5.10 Å². The Labute approximate surface area is 168 Å². The van der Waals surface area contributed by atoms with Crippen LogP contribution in [0.15, 0.2) is 58.1 Å². The molecule has 0 spiro atoms. The van der Waals surface area contributed by atoms with Crippen LogP contribution in [0.3, 0.4) is 0 Å². The highest BCUT2D eigenvalue weighted by molar-refractivity contribution is 6.19. The molecule has 1 fully saturated rings. The third kappa shape index (κ3) is 3.70. The van der Waals surface area contributed by atoms with Crippen molar-refractivity contribution in [2.45, 2.75) is 44.7 Å². The van der Waals surface area contributed by atoms with E-state index in [0.29, 0.717) is 18.6 Å². The molecular formula is C21H23N7O. The summed E-state index contributed by atoms with van der Waals surface area (Å²) in [7, 11) is 0. The van der Waals surface area contributed by atoms with E-state index < -0.39 is 0 Å². The van der Waals surface area contributed by atoms with Crippen molar-refractivity contribution in [3.63, 3.8) is 0 Å². The van der Waals surface area contributed by atoms with Crippen molar-refractivity contribution < 1.29 is 4.79 Å². The second-order valence-corrected chi connectivity index (χ2v) is 7.73. The van der Waals surface area contributed by atoms with Gasteiger partial charge in [0.1, 0.15) is 5.82 Å². The van der Waals surface area contributed by atoms with Crippen LogP contribution in [-0.4, -0.2) is 50.6 Å². The van der Waals surface area contributed by atoms with E-state index in [1.165, 1.54) is 0 Å². The molecule has 0 unspecified atom stereocenters. The minimum atomic E-state index is 0.0556. The first-order chi connectivity index (χ1) is 14.1. The van der Waals surface area contributed by atoms with Gasteiger partial charge in [-0.1, -0.05) is 0 Å². The monoisotopic (exact) mass is 389 g/mol. The van der Waals surface area contributed by atoms with E-state index in [0.717, 1.165) is 59.8 Å². The number of nitrogens with one attached hydrogen (secondary N) is 2. The van der Waals surface area contributed by atoms with Gasteiger partial charge in [-0.25, -0.2) is 14.5 Å². The third-order valence-electron chi connectivity index (χ3n) is 5.58. The first kappa shape index (κ1) is 17.8. The zero-order valence-corrected chi connectivity index (χ0v) is 16.3. The van der Waals surface area contributed by atoms with Crippen LogP contribution < -0.4 is 10.6 Å². The average molecular weight is 389 g/mol. The fourth-order valence-electron chi connectivity index (χ4n) is 4.14. The SMILES string of the molecule is CC(=O)N[C@H]1CC[C@@H](NC2=CC3=CC(c4ccn5nccc5n4)=NCC3=N2)CC1. The van der Waals surface area contributed by atoms with Crippen LogP contribution in [-0.2, 0) is 4.79 Å². The topological polar surface area (TPSA) is 96.0 Å². The third-order valence-corrected chi connectivity index (χ3v) is 5.58. The second-order valence-electron chi connectivity index (χ2n) is 7.73. The molecule has 0 bridgehead atoms. The van der Waals surface area contributed by atoms with Gasteiger partial charge >= 0.3 is 0 Å². The molecule has 2 aromatic rings. The summed E-state index contributed by atoms with van der Waals surface area (Å²) in [5.41, 5.74) is 4.61. The van der Waals surface area contributed by atoms with E-state index >= 15 is 0 Å². The lowest BCUT2D eigenvalue weighted by Gasteiger charge is -2.29. The Morgan fingerprint density at radius 3 is 2.79 bits per heavy atom. The molecule has 1 aliphatic carbocycles. The standard InChI is InChI=1S/C21H23N7O/c1-13(29)24-15-2-4-16(5-3-15)25-20-11-14-10-18(22-12-19(14)26-20)17-7-9-28-21(27-17)6-8-23-28/h6-11,15-16,25H,2-5,12H2,1H3,(H,24,29)/t15-,16+. The smallest absolute Gasteiger partial charge is 0.217 e. The molecule has 29 heavy (non-hydrogen) atoms. The molecule has 8 nitrogen and oxygen atoms in total. The average Bonchev–Trinajstić information content (AvgIpc) is 3.34. The molecule has 0 atom stereocenters. The summed E-state index contributed by atoms with van der Waals surface area (Å²) < 4.78 is 1.74. The molecule has 148 valence electrons. The van der Waals surface area contributed by atoms with Crippen molar-refractivity contribution in [1.82, 2.24) is 25.2 Å². The lowest BCUT2D eigenvalue weighted by molar-refractivity contribution is -0.119. The number of hydrogen-bond acceptors (Lipinski definition) is 6. The maximum atomic E-state index is 11.2. The van der Waals surface area contributed by atoms with Crippen molar-refractivity contribution in [3.8, 4) is 0 Å². The molecule has 0 aromatic carbocycles. The van der Waals surface area contributed by atoms with Crippen molar-refractivity contribution in [1.29, 1.82) is 0 Å². The summed E-state index contributed by atoms with van der Waals surface area (Å²) in [5.74, 6) is 0.963. The minimum absolute atomic E-state index is 0.0556. The highest BCUT2D eigenvalue weighted by Gasteiger charge is 2.25. The van der Waals surface area contributed by atoms with Gasteiger partial charge in [-0.3, -0.25) is 9.79 Å². The van der Waals surface area contributed by atoms with Crippen LogP contribution in [0.4, 0.5) is 0 Å². The Balaban J connectivity index is 1.25. The Morgan fingerprint density at radius 2 is 1.97 bits per heavy atom. The number of dihydropyridines is 1. The van der Waals surface area contributed by atoms with Crippen molar-refractivity contribution >= 4 is 23.0 Å². The molecule has 5 rings (SSSR count). The Morgan fingerprint density at radius 1 is 1.14 bits per heavy atom. The molecule has 1 amide bonds. The van der Waals surface area contributed by atoms with E-state index in [1.807, 2.05) is 18.3 Å². The van der Waals surface area contributed by atoms with E-state index in [-0.39, 0.29) is 5.91 Å². The molecule has 4 heterocycles. The molecule has 2 aliphatic heterocycles. The Hall–Kier alpha value is -3.29. The van der Waals surface area contributed by atoms with Gasteiger partial charge in [0.15, 0.2) is 5.65 Å². The number of carbonyl (C=O) groups excluding carboxylic acids is 1. The van der Waals surface area contributed by atoms with E-state index in [4.69, 9.17) is 4.99 Å². The van der Waals surface area contributed by atoms with Crippen LogP contribution in [0.2, 0.25) is 0 Å². The maximum absolute atomic E-state index is 11.2. The van der Waals surface area contributed by atoms with Crippen LogP contribution in [0.1, 0.15) is 38.3 Å². The molecular weight excluding hydrogens is 366 g/mol. The fourth-order valence-corrected chi connectivity index (χ4v) is 4.14. The molecule has 8 heteroatoms. The van der Waals surface area contributed by atoms with Gasteiger partial charge in [0.25, 0.3) is 0 Å². The van der Waals surface area contributed by atoms with Crippen LogP contribution in [0, 0.1) is 0 Å². The highest BCUT2D eigenvalue weighted by Crippen LogP contribution is 2.24. The minimum Gasteiger partial charge on any atom is -0.367 e. The lowest BCUT2D eigenvalue weighted by atomic mass is 9.91. The normalized spacial score (nSPS) is 23.6.